The topological polar surface area (TPSA) is 75.7 Å². The summed E-state index contributed by atoms with van der Waals surface area (Å²) in [7, 11) is 1.47. The number of carbonyl (C=O) groups is 3. The average molecular weight is 365 g/mol. The van der Waals surface area contributed by atoms with E-state index in [4.69, 9.17) is 16.3 Å². The molecule has 7 heteroatoms. The zero-order valence-electron chi connectivity index (χ0n) is 14.0. The monoisotopic (exact) mass is 364 g/mol. The van der Waals surface area contributed by atoms with E-state index >= 15 is 0 Å². The highest BCUT2D eigenvalue weighted by molar-refractivity contribution is 6.33. The van der Waals surface area contributed by atoms with E-state index in [0.717, 1.165) is 12.8 Å². The summed E-state index contributed by atoms with van der Waals surface area (Å²) < 4.78 is 4.99. The molecule has 0 saturated heterocycles. The number of rotatable bonds is 7. The van der Waals surface area contributed by atoms with Gasteiger partial charge in [-0.05, 0) is 30.9 Å². The highest BCUT2D eigenvalue weighted by Crippen LogP contribution is 2.21. The summed E-state index contributed by atoms with van der Waals surface area (Å²) in [6.45, 7) is -0.530. The molecule has 0 bridgehead atoms. The van der Waals surface area contributed by atoms with Gasteiger partial charge < -0.3 is 15.0 Å². The minimum Gasteiger partial charge on any atom is -0.456 e. The number of esters is 1. The van der Waals surface area contributed by atoms with E-state index in [1.54, 1.807) is 24.3 Å². The standard InChI is InChI=1S/C18H21ClN2O4/c1-21(11-16(22)20-15-9-5-4-8-14(15)19)17(23)12-25-18(24)10-13-6-2-3-7-13/h2,4-6,8-9,13H,3,7,10-12H2,1H3,(H,20,22)/t13-/m0/s1. The fourth-order valence-corrected chi connectivity index (χ4v) is 2.63. The Balaban J connectivity index is 1.72. The Morgan fingerprint density at radius 1 is 1.32 bits per heavy atom. The molecule has 1 N–H and O–H groups in total. The highest BCUT2D eigenvalue weighted by atomic mass is 35.5. The van der Waals surface area contributed by atoms with E-state index in [1.165, 1.54) is 11.9 Å². The van der Waals surface area contributed by atoms with Gasteiger partial charge >= 0.3 is 5.97 Å². The first kappa shape index (κ1) is 19.0. The molecule has 0 heterocycles. The third-order valence-electron chi connectivity index (χ3n) is 3.85. The number of allylic oxidation sites excluding steroid dienone is 2. The average Bonchev–Trinajstić information content (AvgIpc) is 3.07. The Morgan fingerprint density at radius 2 is 2.08 bits per heavy atom. The third kappa shape index (κ3) is 6.23. The molecule has 0 fully saturated rings. The Hall–Kier alpha value is -2.34. The maximum atomic E-state index is 12.0. The molecule has 1 aliphatic carbocycles. The van der Waals surface area contributed by atoms with Gasteiger partial charge in [-0.1, -0.05) is 35.9 Å². The van der Waals surface area contributed by atoms with Crippen LogP contribution in [0.3, 0.4) is 0 Å². The number of hydrogen-bond acceptors (Lipinski definition) is 4. The molecule has 0 radical (unpaired) electrons. The van der Waals surface area contributed by atoms with Crippen molar-refractivity contribution in [1.29, 1.82) is 0 Å². The van der Waals surface area contributed by atoms with Gasteiger partial charge in [0.05, 0.1) is 23.7 Å². The van der Waals surface area contributed by atoms with E-state index in [2.05, 4.69) is 5.32 Å². The predicted molar refractivity (Wildman–Crippen MR) is 95.2 cm³/mol. The normalized spacial score (nSPS) is 15.7. The first-order valence-corrected chi connectivity index (χ1v) is 8.44. The number of amides is 2. The second-order valence-corrected chi connectivity index (χ2v) is 6.32. The largest absolute Gasteiger partial charge is 0.456 e. The van der Waals surface area contributed by atoms with Crippen molar-refractivity contribution in [3.63, 3.8) is 0 Å². The smallest absolute Gasteiger partial charge is 0.306 e. The lowest BCUT2D eigenvalue weighted by atomic mass is 10.1. The van der Waals surface area contributed by atoms with E-state index < -0.39 is 11.9 Å². The molecule has 0 aliphatic heterocycles. The van der Waals surface area contributed by atoms with Gasteiger partial charge in [0.2, 0.25) is 5.91 Å². The predicted octanol–water partition coefficient (Wildman–Crippen LogP) is 2.64. The second kappa shape index (κ2) is 9.22. The molecular formula is C18H21ClN2O4. The third-order valence-corrected chi connectivity index (χ3v) is 4.18. The molecule has 134 valence electrons. The molecule has 1 aromatic rings. The molecule has 0 saturated carbocycles. The highest BCUT2D eigenvalue weighted by Gasteiger charge is 2.18. The Labute approximate surface area is 151 Å². The van der Waals surface area contributed by atoms with E-state index in [1.807, 2.05) is 12.2 Å². The first-order chi connectivity index (χ1) is 12.0. The molecule has 2 rings (SSSR count). The van der Waals surface area contributed by atoms with Crippen LogP contribution in [0.1, 0.15) is 19.3 Å². The lowest BCUT2D eigenvalue weighted by Crippen LogP contribution is -2.37. The van der Waals surface area contributed by atoms with Crippen molar-refractivity contribution in [3.05, 3.63) is 41.4 Å². The SMILES string of the molecule is CN(CC(=O)Nc1ccccc1Cl)C(=O)COC(=O)C[C@H]1C=CCC1. The summed E-state index contributed by atoms with van der Waals surface area (Å²) >= 11 is 5.96. The lowest BCUT2D eigenvalue weighted by molar-refractivity contribution is -0.152. The Bertz CT molecular complexity index is 675. The number of carbonyl (C=O) groups excluding carboxylic acids is 3. The van der Waals surface area contributed by atoms with Crippen molar-refractivity contribution in [1.82, 2.24) is 4.90 Å². The number of para-hydroxylation sites is 1. The maximum absolute atomic E-state index is 12.0. The second-order valence-electron chi connectivity index (χ2n) is 5.91. The molecule has 2 amide bonds. The van der Waals surface area contributed by atoms with Gasteiger partial charge in [0, 0.05) is 7.05 Å². The van der Waals surface area contributed by atoms with Crippen molar-refractivity contribution in [2.24, 2.45) is 5.92 Å². The van der Waals surface area contributed by atoms with Crippen LogP contribution in [0, 0.1) is 5.92 Å². The fourth-order valence-electron chi connectivity index (χ4n) is 2.45. The van der Waals surface area contributed by atoms with Gasteiger partial charge in [-0.25, -0.2) is 0 Å². The minimum atomic E-state index is -0.440. The number of anilines is 1. The van der Waals surface area contributed by atoms with Gasteiger partial charge in [0.15, 0.2) is 6.61 Å². The molecule has 6 nitrogen and oxygen atoms in total. The molecular weight excluding hydrogens is 344 g/mol. The van der Waals surface area contributed by atoms with Crippen LogP contribution < -0.4 is 5.32 Å². The van der Waals surface area contributed by atoms with Crippen LogP contribution in [0.4, 0.5) is 5.69 Å². The lowest BCUT2D eigenvalue weighted by Gasteiger charge is -2.17. The molecule has 1 aromatic carbocycles. The molecule has 25 heavy (non-hydrogen) atoms. The van der Waals surface area contributed by atoms with Crippen molar-refractivity contribution in [2.45, 2.75) is 19.3 Å². The van der Waals surface area contributed by atoms with Crippen molar-refractivity contribution in [2.75, 3.05) is 25.5 Å². The summed E-state index contributed by atoms with van der Waals surface area (Å²) in [6.07, 6.45) is 6.22. The number of likely N-dealkylation sites (N-methyl/N-ethyl adjacent to an activating group) is 1. The van der Waals surface area contributed by atoms with Crippen molar-refractivity contribution in [3.8, 4) is 0 Å². The number of nitrogens with one attached hydrogen (secondary N) is 1. The zero-order valence-corrected chi connectivity index (χ0v) is 14.8. The molecule has 1 aliphatic rings. The van der Waals surface area contributed by atoms with Crippen molar-refractivity contribution < 1.29 is 19.1 Å². The summed E-state index contributed by atoms with van der Waals surface area (Å²) in [5.74, 6) is -1.03. The van der Waals surface area contributed by atoms with Crippen LogP contribution in [0.15, 0.2) is 36.4 Å². The first-order valence-electron chi connectivity index (χ1n) is 8.06. The Morgan fingerprint density at radius 3 is 2.76 bits per heavy atom. The van der Waals surface area contributed by atoms with E-state index in [-0.39, 0.29) is 31.4 Å². The zero-order chi connectivity index (χ0) is 18.2. The van der Waals surface area contributed by atoms with Gasteiger partial charge in [-0.2, -0.15) is 0 Å². The van der Waals surface area contributed by atoms with Gasteiger partial charge in [0.25, 0.3) is 5.91 Å². The minimum absolute atomic E-state index is 0.160. The van der Waals surface area contributed by atoms with Gasteiger partial charge in [-0.3, -0.25) is 14.4 Å². The number of benzene rings is 1. The molecule has 0 spiro atoms. The number of halogens is 1. The van der Waals surface area contributed by atoms with E-state index in [0.29, 0.717) is 10.7 Å². The summed E-state index contributed by atoms with van der Waals surface area (Å²) in [5, 5.41) is 3.05. The maximum Gasteiger partial charge on any atom is 0.306 e. The quantitative estimate of drug-likeness (QED) is 0.596. The van der Waals surface area contributed by atoms with Crippen LogP contribution in [0.2, 0.25) is 5.02 Å². The number of hydrogen-bond donors (Lipinski definition) is 1. The number of nitrogens with zero attached hydrogens (tertiary/aromatic N) is 1. The fraction of sp³-hybridized carbons (Fsp3) is 0.389. The van der Waals surface area contributed by atoms with Crippen LogP contribution in [-0.2, 0) is 19.1 Å². The molecule has 0 unspecified atom stereocenters. The van der Waals surface area contributed by atoms with Crippen LogP contribution in [0.25, 0.3) is 0 Å². The summed E-state index contributed by atoms with van der Waals surface area (Å²) in [4.78, 5) is 36.8. The van der Waals surface area contributed by atoms with Crippen LogP contribution in [-0.4, -0.2) is 42.9 Å². The van der Waals surface area contributed by atoms with E-state index in [9.17, 15) is 14.4 Å². The Kier molecular flexibility index (Phi) is 7.01. The van der Waals surface area contributed by atoms with Crippen molar-refractivity contribution >= 4 is 35.1 Å². The summed E-state index contributed by atoms with van der Waals surface area (Å²) in [5.41, 5.74) is 0.478. The van der Waals surface area contributed by atoms with Crippen LogP contribution in [0.5, 0.6) is 0 Å². The number of ether oxygens (including phenoxy) is 1. The van der Waals surface area contributed by atoms with Gasteiger partial charge in [-0.15, -0.1) is 0 Å². The van der Waals surface area contributed by atoms with Gasteiger partial charge in [0.1, 0.15) is 0 Å². The summed E-state index contributed by atoms with van der Waals surface area (Å²) in [6, 6.07) is 6.82. The van der Waals surface area contributed by atoms with Crippen LogP contribution >= 0.6 is 11.6 Å². The molecule has 1 atom stereocenters. The molecule has 0 aromatic heterocycles.